The molecule has 5 nitrogen and oxygen atoms in total. The van der Waals surface area contributed by atoms with E-state index < -0.39 is 15.8 Å². The van der Waals surface area contributed by atoms with Crippen molar-refractivity contribution in [3.63, 3.8) is 0 Å². The maximum absolute atomic E-state index is 13.7. The molecule has 0 aliphatic rings. The third kappa shape index (κ3) is 2.50. The van der Waals surface area contributed by atoms with Crippen molar-refractivity contribution in [3.8, 4) is 0 Å². The molecule has 0 bridgehead atoms. The van der Waals surface area contributed by atoms with Crippen LogP contribution in [0.5, 0.6) is 0 Å². The third-order valence-electron chi connectivity index (χ3n) is 2.89. The summed E-state index contributed by atoms with van der Waals surface area (Å²) < 4.78 is 39.7. The number of nitrogens with two attached hydrogens (primary N) is 1. The van der Waals surface area contributed by atoms with Crippen molar-refractivity contribution in [1.29, 1.82) is 0 Å². The fourth-order valence-corrected chi connectivity index (χ4v) is 3.18. The van der Waals surface area contributed by atoms with E-state index in [9.17, 15) is 12.8 Å². The average Bonchev–Trinajstić information content (AvgIpc) is 2.47. The van der Waals surface area contributed by atoms with Gasteiger partial charge in [-0.05, 0) is 24.3 Å². The number of rotatable bonds is 4. The second-order valence-corrected chi connectivity index (χ2v) is 6.02. The average molecular weight is 295 g/mol. The van der Waals surface area contributed by atoms with Gasteiger partial charge in [0.2, 0.25) is 0 Å². The number of sulfonamides is 1. The monoisotopic (exact) mass is 295 g/mol. The fraction of sp³-hybridized carbons (Fsp3) is 0.154. The molecule has 2 N–H and O–H groups in total. The first kappa shape index (κ1) is 14.4. The van der Waals surface area contributed by atoms with E-state index in [1.54, 1.807) is 18.2 Å². The molecule has 2 rings (SSSR count). The van der Waals surface area contributed by atoms with Gasteiger partial charge in [-0.25, -0.2) is 17.8 Å². The lowest BCUT2D eigenvalue weighted by Gasteiger charge is -2.20. The van der Waals surface area contributed by atoms with Crippen LogP contribution in [0.2, 0.25) is 0 Å². The van der Waals surface area contributed by atoms with E-state index in [-0.39, 0.29) is 22.8 Å². The largest absolute Gasteiger partial charge is 0.326 e. The first-order valence-corrected chi connectivity index (χ1v) is 7.30. The zero-order chi connectivity index (χ0) is 14.8. The molecule has 106 valence electrons. The van der Waals surface area contributed by atoms with Crippen LogP contribution in [-0.4, -0.2) is 20.4 Å². The molecule has 0 atom stereocenters. The zero-order valence-electron chi connectivity index (χ0n) is 10.8. The summed E-state index contributed by atoms with van der Waals surface area (Å²) in [6.45, 7) is -0.197. The summed E-state index contributed by atoms with van der Waals surface area (Å²) in [5, 5.41) is 0. The minimum Gasteiger partial charge on any atom is -0.326 e. The van der Waals surface area contributed by atoms with E-state index in [4.69, 9.17) is 5.73 Å². The van der Waals surface area contributed by atoms with Crippen LogP contribution in [0.4, 0.5) is 10.2 Å². The normalized spacial score (nSPS) is 11.3. The van der Waals surface area contributed by atoms with Crippen molar-refractivity contribution in [2.24, 2.45) is 5.73 Å². The van der Waals surface area contributed by atoms with Gasteiger partial charge < -0.3 is 5.73 Å². The van der Waals surface area contributed by atoms with Crippen molar-refractivity contribution in [2.45, 2.75) is 11.4 Å². The Morgan fingerprint density at radius 3 is 2.60 bits per heavy atom. The maximum Gasteiger partial charge on any atom is 0.265 e. The van der Waals surface area contributed by atoms with E-state index in [2.05, 4.69) is 4.98 Å². The first-order chi connectivity index (χ1) is 9.48. The van der Waals surface area contributed by atoms with Crippen LogP contribution >= 0.6 is 0 Å². The molecular formula is C13H14FN3O2S. The predicted octanol–water partition coefficient (Wildman–Crippen LogP) is 1.50. The fourth-order valence-electron chi connectivity index (χ4n) is 1.79. The van der Waals surface area contributed by atoms with E-state index in [1.165, 1.54) is 31.4 Å². The van der Waals surface area contributed by atoms with Gasteiger partial charge in [0.05, 0.1) is 4.90 Å². The summed E-state index contributed by atoms with van der Waals surface area (Å²) in [4.78, 5) is 3.82. The highest BCUT2D eigenvalue weighted by Crippen LogP contribution is 2.24. The topological polar surface area (TPSA) is 76.3 Å². The molecule has 1 aromatic heterocycles. The standard InChI is InChI=1S/C13H14FN3O2S/c1-17(13-7-2-3-8-16-13)20(18,19)12-6-4-5-11(14)10(12)9-15/h2-8H,9,15H2,1H3. The highest BCUT2D eigenvalue weighted by molar-refractivity contribution is 7.92. The van der Waals surface area contributed by atoms with Crippen LogP contribution < -0.4 is 10.0 Å². The molecule has 7 heteroatoms. The summed E-state index contributed by atoms with van der Waals surface area (Å²) in [6.07, 6.45) is 1.48. The summed E-state index contributed by atoms with van der Waals surface area (Å²) in [7, 11) is -2.54. The summed E-state index contributed by atoms with van der Waals surface area (Å²) in [5.41, 5.74) is 5.42. The lowest BCUT2D eigenvalue weighted by molar-refractivity contribution is 0.580. The SMILES string of the molecule is CN(c1ccccn1)S(=O)(=O)c1cccc(F)c1CN. The molecule has 1 aromatic carbocycles. The van der Waals surface area contributed by atoms with Gasteiger partial charge in [-0.15, -0.1) is 0 Å². The Hall–Kier alpha value is -1.99. The van der Waals surface area contributed by atoms with Crippen LogP contribution in [0.15, 0.2) is 47.5 Å². The molecule has 0 saturated heterocycles. The maximum atomic E-state index is 13.7. The molecule has 1 heterocycles. The Morgan fingerprint density at radius 1 is 1.25 bits per heavy atom. The van der Waals surface area contributed by atoms with Gasteiger partial charge in [-0.2, -0.15) is 0 Å². The van der Waals surface area contributed by atoms with Crippen LogP contribution in [0.1, 0.15) is 5.56 Å². The number of aromatic nitrogens is 1. The van der Waals surface area contributed by atoms with Crippen molar-refractivity contribution in [2.75, 3.05) is 11.4 Å². The number of pyridine rings is 1. The number of halogens is 1. The minimum atomic E-state index is -3.91. The molecule has 20 heavy (non-hydrogen) atoms. The Kier molecular flexibility index (Phi) is 4.01. The number of hydrogen-bond donors (Lipinski definition) is 1. The molecule has 0 amide bonds. The molecule has 0 spiro atoms. The molecule has 2 aromatic rings. The molecule has 0 aliphatic carbocycles. The number of nitrogens with zero attached hydrogens (tertiary/aromatic N) is 2. The van der Waals surface area contributed by atoms with Crippen molar-refractivity contribution < 1.29 is 12.8 Å². The second-order valence-electron chi connectivity index (χ2n) is 4.08. The Balaban J connectivity index is 2.54. The molecule has 0 aliphatic heterocycles. The number of anilines is 1. The Bertz CT molecular complexity index is 705. The van der Waals surface area contributed by atoms with E-state index in [0.717, 1.165) is 4.31 Å². The molecule has 0 unspecified atom stereocenters. The van der Waals surface area contributed by atoms with E-state index in [1.807, 2.05) is 0 Å². The van der Waals surface area contributed by atoms with Crippen LogP contribution in [0, 0.1) is 5.82 Å². The minimum absolute atomic E-state index is 0.0321. The predicted molar refractivity (Wildman–Crippen MR) is 74.1 cm³/mol. The van der Waals surface area contributed by atoms with Crippen LogP contribution in [0.3, 0.4) is 0 Å². The lowest BCUT2D eigenvalue weighted by atomic mass is 10.2. The highest BCUT2D eigenvalue weighted by Gasteiger charge is 2.26. The van der Waals surface area contributed by atoms with Gasteiger partial charge >= 0.3 is 0 Å². The van der Waals surface area contributed by atoms with Crippen molar-refractivity contribution >= 4 is 15.8 Å². The van der Waals surface area contributed by atoms with Gasteiger partial charge in [-0.1, -0.05) is 12.1 Å². The molecular weight excluding hydrogens is 281 g/mol. The third-order valence-corrected chi connectivity index (χ3v) is 4.74. The highest BCUT2D eigenvalue weighted by atomic mass is 32.2. The van der Waals surface area contributed by atoms with Crippen LogP contribution in [-0.2, 0) is 16.6 Å². The van der Waals surface area contributed by atoms with Crippen LogP contribution in [0.25, 0.3) is 0 Å². The second kappa shape index (κ2) is 5.56. The van der Waals surface area contributed by atoms with Crippen molar-refractivity contribution in [1.82, 2.24) is 4.98 Å². The Labute approximate surface area is 116 Å². The van der Waals surface area contributed by atoms with E-state index in [0.29, 0.717) is 0 Å². The van der Waals surface area contributed by atoms with Gasteiger partial charge in [0, 0.05) is 25.4 Å². The quantitative estimate of drug-likeness (QED) is 0.927. The van der Waals surface area contributed by atoms with Crippen molar-refractivity contribution in [3.05, 3.63) is 54.0 Å². The molecule has 0 radical (unpaired) electrons. The van der Waals surface area contributed by atoms with Gasteiger partial charge in [0.1, 0.15) is 11.6 Å². The summed E-state index contributed by atoms with van der Waals surface area (Å²) >= 11 is 0. The van der Waals surface area contributed by atoms with Gasteiger partial charge in [-0.3, -0.25) is 4.31 Å². The first-order valence-electron chi connectivity index (χ1n) is 5.86. The van der Waals surface area contributed by atoms with Gasteiger partial charge in [0.15, 0.2) is 0 Å². The lowest BCUT2D eigenvalue weighted by Crippen LogP contribution is -2.28. The summed E-state index contributed by atoms with van der Waals surface area (Å²) in [6, 6.07) is 8.76. The number of benzene rings is 1. The molecule has 0 saturated carbocycles. The smallest absolute Gasteiger partial charge is 0.265 e. The van der Waals surface area contributed by atoms with E-state index >= 15 is 0 Å². The number of hydrogen-bond acceptors (Lipinski definition) is 4. The zero-order valence-corrected chi connectivity index (χ0v) is 11.6. The molecule has 0 fully saturated rings. The van der Waals surface area contributed by atoms with Gasteiger partial charge in [0.25, 0.3) is 10.0 Å². The summed E-state index contributed by atoms with van der Waals surface area (Å²) in [5.74, 6) is -0.386. The Morgan fingerprint density at radius 2 is 2.00 bits per heavy atom.